The standard InChI is InChI=1S/C63H94N18O13/c1-5-37(4)51-57(90)71-34-48(83)72-41(22-13-27-69-63(66)67)59(92)81-30-16-25-47(81)61(94)80-29-14-23-45(80)55(88)70-33-49(84)73-42(31-38-17-8-6-9-18-38)53(86)76-44(35-82)60(93)79-28-15-24-46(79)56(89)75-43(32-39-19-10-7-11-20-39)54(87)74-40(21-12-26-68-62(64)65)52(85)77-50(36(2)3)58(91)78-51/h6-11,17-20,36-37,40-47,50-51,82H,5,12-16,21-35H2,1-4H3,(H,70,88)(H,71,90)(H,72,83)(H,73,84)(H,74,87)(H,75,89)(H,76,86)(H,77,85)(H,78,91)(H4,64,65,68)(H4,66,67,69)/t37-,40-,41-,42-,43-,44-,45-,46-,47-,50-,51-/m0/s1. The summed E-state index contributed by atoms with van der Waals surface area (Å²) in [6.07, 6.45) is 2.06. The molecule has 4 heterocycles. The summed E-state index contributed by atoms with van der Waals surface area (Å²) in [5.74, 6) is -10.7. The van der Waals surface area contributed by atoms with Crippen molar-refractivity contribution in [2.45, 2.75) is 172 Å². The van der Waals surface area contributed by atoms with E-state index < -0.39 is 163 Å². The second-order valence-electron chi connectivity index (χ2n) is 24.5. The molecule has 0 aromatic heterocycles. The van der Waals surface area contributed by atoms with Crippen LogP contribution < -0.4 is 70.8 Å². The van der Waals surface area contributed by atoms with Crippen molar-refractivity contribution in [1.82, 2.24) is 62.6 Å². The van der Waals surface area contributed by atoms with E-state index in [-0.39, 0.29) is 102 Å². The molecule has 4 fully saturated rings. The second-order valence-corrected chi connectivity index (χ2v) is 24.5. The minimum absolute atomic E-state index is 0.00392. The number of hydrogen-bond donors (Lipinski definition) is 14. The Balaban J connectivity index is 1.34. The fraction of sp³-hybridized carbons (Fsp3) is 0.587. The number of benzene rings is 2. The molecule has 31 heteroatoms. The Morgan fingerprint density at radius 2 is 0.894 bits per heavy atom. The van der Waals surface area contributed by atoms with Crippen LogP contribution in [0.1, 0.15) is 109 Å². The van der Waals surface area contributed by atoms with Gasteiger partial charge in [-0.1, -0.05) is 94.8 Å². The van der Waals surface area contributed by atoms with Gasteiger partial charge >= 0.3 is 0 Å². The van der Waals surface area contributed by atoms with Gasteiger partial charge in [0, 0.05) is 45.6 Å². The number of nitrogens with one attached hydrogen (secondary N) is 9. The first-order valence-electron chi connectivity index (χ1n) is 32.3. The van der Waals surface area contributed by atoms with E-state index in [2.05, 4.69) is 57.8 Å². The number of fused-ring (bicyclic) bond motifs is 3. The van der Waals surface area contributed by atoms with Crippen molar-refractivity contribution in [2.75, 3.05) is 52.4 Å². The Labute approximate surface area is 546 Å². The molecule has 2 aromatic rings. The summed E-state index contributed by atoms with van der Waals surface area (Å²) in [5.41, 5.74) is 23.5. The molecule has 18 N–H and O–H groups in total. The normalized spacial score (nSPS) is 26.0. The number of nitrogens with two attached hydrogens (primary N) is 4. The summed E-state index contributed by atoms with van der Waals surface area (Å²) in [6, 6.07) is 4.25. The van der Waals surface area contributed by atoms with Gasteiger partial charge in [-0.15, -0.1) is 0 Å². The monoisotopic (exact) mass is 1310 g/mol. The Morgan fingerprint density at radius 1 is 0.479 bits per heavy atom. The molecule has 0 saturated carbocycles. The number of hydrogen-bond acceptors (Lipinski definition) is 15. The summed E-state index contributed by atoms with van der Waals surface area (Å²) < 4.78 is 0. The molecule has 4 aliphatic heterocycles. The molecule has 0 aliphatic carbocycles. The molecular weight excluding hydrogens is 1220 g/mol. The third-order valence-electron chi connectivity index (χ3n) is 17.2. The highest BCUT2D eigenvalue weighted by Gasteiger charge is 2.45. The highest BCUT2D eigenvalue weighted by molar-refractivity contribution is 6.00. The Kier molecular flexibility index (Phi) is 28.3. The van der Waals surface area contributed by atoms with E-state index in [1.165, 1.54) is 14.7 Å². The largest absolute Gasteiger partial charge is 0.394 e. The van der Waals surface area contributed by atoms with Crippen LogP contribution in [0.25, 0.3) is 0 Å². The van der Waals surface area contributed by atoms with E-state index in [0.717, 1.165) is 0 Å². The van der Waals surface area contributed by atoms with Crippen molar-refractivity contribution in [3.8, 4) is 0 Å². The number of carbonyl (C=O) groups excluding carboxylic acids is 12. The van der Waals surface area contributed by atoms with Crippen LogP contribution in [0.3, 0.4) is 0 Å². The Morgan fingerprint density at radius 3 is 1.40 bits per heavy atom. The number of aliphatic hydroxyl groups excluding tert-OH is 1. The van der Waals surface area contributed by atoms with Crippen LogP contribution in [0.4, 0.5) is 0 Å². The van der Waals surface area contributed by atoms with Crippen LogP contribution in [0.5, 0.6) is 0 Å². The Bertz CT molecular complexity index is 3060. The van der Waals surface area contributed by atoms with Gasteiger partial charge in [0.05, 0.1) is 19.7 Å². The van der Waals surface area contributed by atoms with Gasteiger partial charge in [-0.2, -0.15) is 0 Å². The molecule has 0 bridgehead atoms. The van der Waals surface area contributed by atoms with Gasteiger partial charge in [-0.25, -0.2) is 0 Å². The predicted molar refractivity (Wildman–Crippen MR) is 345 cm³/mol. The van der Waals surface area contributed by atoms with Gasteiger partial charge in [0.25, 0.3) is 0 Å². The first kappa shape index (κ1) is 73.6. The van der Waals surface area contributed by atoms with Gasteiger partial charge in [0.15, 0.2) is 11.9 Å². The van der Waals surface area contributed by atoms with E-state index in [4.69, 9.17) is 22.9 Å². The molecule has 0 spiro atoms. The molecule has 4 aliphatic rings. The smallest absolute Gasteiger partial charge is 0.248 e. The van der Waals surface area contributed by atoms with Crippen LogP contribution in [-0.2, 0) is 70.4 Å². The van der Waals surface area contributed by atoms with E-state index in [1.807, 2.05) is 0 Å². The van der Waals surface area contributed by atoms with Gasteiger partial charge in [0.1, 0.15) is 60.4 Å². The SMILES string of the molecule is CC[C@H](C)[C@@H]1NC(=O)[C@H](C(C)C)NC(=O)[C@H](CCCN=C(N)N)NC(=O)[C@H](Cc2ccccc2)NC(=O)[C@@H]2CCCN2C(=O)[C@H](CO)NC(=O)[C@H](Cc2ccccc2)NC(=O)CNC(=O)[C@@H]2CCCN2C(=O)[C@@H]2CCCN2C(=O)[C@H](CCCN=C(N)N)NC(=O)CNC1=O. The first-order valence-corrected chi connectivity index (χ1v) is 32.3. The molecule has 2 aromatic carbocycles. The molecule has 94 heavy (non-hydrogen) atoms. The number of guanidine groups is 2. The van der Waals surface area contributed by atoms with Gasteiger partial charge < -0.3 is 90.6 Å². The van der Waals surface area contributed by atoms with Crippen LogP contribution in [0.2, 0.25) is 0 Å². The van der Waals surface area contributed by atoms with E-state index >= 15 is 0 Å². The lowest BCUT2D eigenvalue weighted by Gasteiger charge is -2.33. The average Bonchev–Trinajstić information content (AvgIpc) is 1.65. The van der Waals surface area contributed by atoms with E-state index in [0.29, 0.717) is 36.8 Å². The van der Waals surface area contributed by atoms with Crippen LogP contribution in [0.15, 0.2) is 70.6 Å². The van der Waals surface area contributed by atoms with Crippen molar-refractivity contribution in [3.05, 3.63) is 71.8 Å². The topological polar surface area (TPSA) is 472 Å². The highest BCUT2D eigenvalue weighted by Crippen LogP contribution is 2.27. The molecule has 0 unspecified atom stereocenters. The second kappa shape index (κ2) is 36.1. The minimum atomic E-state index is -1.64. The number of amides is 12. The maximum Gasteiger partial charge on any atom is 0.248 e. The number of aliphatic hydroxyl groups is 1. The summed E-state index contributed by atoms with van der Waals surface area (Å²) >= 11 is 0. The zero-order valence-corrected chi connectivity index (χ0v) is 53.9. The van der Waals surface area contributed by atoms with E-state index in [9.17, 15) is 62.6 Å². The first-order chi connectivity index (χ1) is 44.9. The summed E-state index contributed by atoms with van der Waals surface area (Å²) in [4.78, 5) is 184. The fourth-order valence-corrected chi connectivity index (χ4v) is 11.9. The quantitative estimate of drug-likeness (QED) is 0.0431. The number of nitrogens with zero attached hydrogens (tertiary/aromatic N) is 5. The van der Waals surface area contributed by atoms with Crippen molar-refractivity contribution in [1.29, 1.82) is 0 Å². The van der Waals surface area contributed by atoms with Gasteiger partial charge in [0.2, 0.25) is 70.9 Å². The van der Waals surface area contributed by atoms with E-state index in [1.54, 1.807) is 88.4 Å². The highest BCUT2D eigenvalue weighted by atomic mass is 16.3. The average molecular weight is 1310 g/mol. The van der Waals surface area contributed by atoms with Crippen LogP contribution in [0, 0.1) is 11.8 Å². The predicted octanol–water partition coefficient (Wildman–Crippen LogP) is -4.11. The third kappa shape index (κ3) is 21.3. The maximum absolute atomic E-state index is 14.7. The molecular formula is C63H94N18O13. The molecule has 4 saturated heterocycles. The van der Waals surface area contributed by atoms with Crippen molar-refractivity contribution in [3.63, 3.8) is 0 Å². The summed E-state index contributed by atoms with van der Waals surface area (Å²) in [7, 11) is 0. The lowest BCUT2D eigenvalue weighted by atomic mass is 9.96. The lowest BCUT2D eigenvalue weighted by Crippen LogP contribution is -2.61. The zero-order chi connectivity index (χ0) is 68.6. The van der Waals surface area contributed by atoms with Crippen molar-refractivity contribution >= 4 is 82.8 Å². The Hall–Kier alpha value is -9.42. The molecule has 31 nitrogen and oxygen atoms in total. The van der Waals surface area contributed by atoms with Gasteiger partial charge in [-0.05, 0) is 87.2 Å². The van der Waals surface area contributed by atoms with Gasteiger partial charge in [-0.3, -0.25) is 67.5 Å². The van der Waals surface area contributed by atoms with Crippen molar-refractivity contribution < 1.29 is 62.6 Å². The summed E-state index contributed by atoms with van der Waals surface area (Å²) in [6.45, 7) is 4.91. The van der Waals surface area contributed by atoms with Crippen LogP contribution >= 0.6 is 0 Å². The van der Waals surface area contributed by atoms with Crippen LogP contribution in [-0.4, -0.2) is 215 Å². The zero-order valence-electron chi connectivity index (χ0n) is 53.9. The number of aliphatic imine (C=N–C) groups is 2. The third-order valence-corrected chi connectivity index (χ3v) is 17.2. The van der Waals surface area contributed by atoms with Crippen molar-refractivity contribution in [2.24, 2.45) is 44.8 Å². The molecule has 514 valence electrons. The minimum Gasteiger partial charge on any atom is -0.394 e. The fourth-order valence-electron chi connectivity index (χ4n) is 11.9. The number of rotatable bonds is 16. The molecule has 12 amide bonds. The maximum atomic E-state index is 14.7. The molecule has 6 rings (SSSR count). The molecule has 0 radical (unpaired) electrons. The lowest BCUT2D eigenvalue weighted by molar-refractivity contribution is -0.148. The number of carbonyl (C=O) groups is 12. The summed E-state index contributed by atoms with van der Waals surface area (Å²) in [5, 5.41) is 34.8. The molecule has 11 atom stereocenters.